The van der Waals surface area contributed by atoms with Gasteiger partial charge < -0.3 is 22.1 Å². The Balaban J connectivity index is 0.000000190. The smallest absolute Gasteiger partial charge is 0.183 e. The molecule has 0 radical (unpaired) electrons. The van der Waals surface area contributed by atoms with Crippen molar-refractivity contribution in [3.63, 3.8) is 0 Å². The van der Waals surface area contributed by atoms with E-state index in [0.717, 1.165) is 75.0 Å². The van der Waals surface area contributed by atoms with Crippen molar-refractivity contribution in [2.45, 2.75) is 47.1 Å². The second kappa shape index (κ2) is 27.1. The van der Waals surface area contributed by atoms with Gasteiger partial charge in [-0.1, -0.05) is 104 Å². The number of benzene rings is 4. The zero-order valence-corrected chi connectivity index (χ0v) is 40.3. The number of carbonyl (C=O) groups excluding carboxylic acids is 1. The quantitative estimate of drug-likeness (QED) is 0.0596. The van der Waals surface area contributed by atoms with E-state index in [-0.39, 0.29) is 5.78 Å². The van der Waals surface area contributed by atoms with Crippen molar-refractivity contribution in [3.05, 3.63) is 141 Å². The zero-order valence-electron chi connectivity index (χ0n) is 36.2. The molecule has 0 aliphatic rings. The molecule has 0 bridgehead atoms. The van der Waals surface area contributed by atoms with Crippen molar-refractivity contribution < 1.29 is 4.79 Å². The maximum atomic E-state index is 11.1. The first-order valence-corrected chi connectivity index (χ1v) is 24.2. The minimum Gasteiger partial charge on any atom is -0.375 e. The number of nitriles is 3. The minimum atomic E-state index is 0.0273. The van der Waals surface area contributed by atoms with Crippen LogP contribution in [0.1, 0.15) is 73.1 Å². The molecule has 0 amide bonds. The molecule has 15 heteroatoms. The van der Waals surface area contributed by atoms with Crippen molar-refractivity contribution in [1.82, 2.24) is 15.0 Å². The number of aromatic nitrogens is 3. The maximum Gasteiger partial charge on any atom is 0.183 e. The highest BCUT2D eigenvalue weighted by molar-refractivity contribution is 9.09. The maximum absolute atomic E-state index is 11.1. The lowest BCUT2D eigenvalue weighted by Gasteiger charge is -2.04. The van der Waals surface area contributed by atoms with E-state index in [0.29, 0.717) is 45.2 Å². The van der Waals surface area contributed by atoms with Crippen molar-refractivity contribution in [1.29, 1.82) is 15.8 Å². The standard InChI is InChI=1S/C15H21N3S.C15H17N3S.C10H7N3S.C9H6BrNO/c2*1-11(2)7-8-17-15-18-14(10-19-15)13-5-3-12(9-16)4-6-13;11-5-7-1-3-8(4-2-7)9-6-14-10(12)13-9;10-5-9(12)8-3-1-7(6-11)2-4-8/h3-6,10-11H,7-9,16H2,1-2H3,(H,17,18);3-6,10-11H,7-8H2,1-2H3,(H,17,18);1-4,6H,(H2,12,13);1-4H,5H2. The van der Waals surface area contributed by atoms with Crippen LogP contribution in [0, 0.1) is 45.8 Å². The second-order valence-corrected chi connectivity index (χ2v) is 18.1. The van der Waals surface area contributed by atoms with Gasteiger partial charge in [0.25, 0.3) is 0 Å². The summed E-state index contributed by atoms with van der Waals surface area (Å²) in [4.78, 5) is 24.4. The summed E-state index contributed by atoms with van der Waals surface area (Å²) in [5.41, 5.74) is 20.8. The number of nitrogen functional groups attached to an aromatic ring is 1. The van der Waals surface area contributed by atoms with E-state index in [4.69, 9.17) is 27.3 Å². The number of nitrogens with two attached hydrogens (primary N) is 2. The van der Waals surface area contributed by atoms with Crippen molar-refractivity contribution in [2.75, 3.05) is 34.8 Å². The van der Waals surface area contributed by atoms with E-state index in [1.54, 1.807) is 59.1 Å². The van der Waals surface area contributed by atoms with Crippen LogP contribution in [0.2, 0.25) is 0 Å². The SMILES string of the molecule is CC(C)CCNc1nc(-c2ccc(C#N)cc2)cs1.CC(C)CCNc1nc(-c2ccc(CN)cc2)cs1.N#Cc1ccc(-c2csc(N)n2)cc1.N#Cc1ccc(C(=O)CBr)cc1. The first-order valence-electron chi connectivity index (χ1n) is 20.4. The molecule has 328 valence electrons. The van der Waals surface area contributed by atoms with E-state index >= 15 is 0 Å². The fourth-order valence-corrected chi connectivity index (χ4v) is 7.77. The van der Waals surface area contributed by atoms with E-state index in [9.17, 15) is 4.79 Å². The molecule has 0 unspecified atom stereocenters. The summed E-state index contributed by atoms with van der Waals surface area (Å²) in [7, 11) is 0. The summed E-state index contributed by atoms with van der Waals surface area (Å²) in [6, 6.07) is 35.8. The molecule has 0 aliphatic heterocycles. The number of carbonyl (C=O) groups is 1. The van der Waals surface area contributed by atoms with Gasteiger partial charge in [0.05, 0.1) is 57.3 Å². The highest BCUT2D eigenvalue weighted by Gasteiger charge is 2.07. The van der Waals surface area contributed by atoms with Crippen LogP contribution in [-0.4, -0.2) is 39.2 Å². The number of hydrogen-bond donors (Lipinski definition) is 4. The first-order chi connectivity index (χ1) is 30.9. The Morgan fingerprint density at radius 2 is 0.984 bits per heavy atom. The van der Waals surface area contributed by atoms with Gasteiger partial charge in [0, 0.05) is 58.0 Å². The molecule has 7 aromatic rings. The van der Waals surface area contributed by atoms with Crippen LogP contribution < -0.4 is 22.1 Å². The van der Waals surface area contributed by atoms with Gasteiger partial charge in [0.2, 0.25) is 0 Å². The molecule has 0 saturated heterocycles. The third kappa shape index (κ3) is 17.1. The van der Waals surface area contributed by atoms with Gasteiger partial charge in [-0.3, -0.25) is 4.79 Å². The molecule has 3 heterocycles. The van der Waals surface area contributed by atoms with Gasteiger partial charge in [-0.2, -0.15) is 15.8 Å². The van der Waals surface area contributed by atoms with Crippen molar-refractivity contribution >= 4 is 71.1 Å². The summed E-state index contributed by atoms with van der Waals surface area (Å²) in [5.74, 6) is 1.45. The van der Waals surface area contributed by atoms with E-state index in [1.807, 2.05) is 53.2 Å². The van der Waals surface area contributed by atoms with Gasteiger partial charge >= 0.3 is 0 Å². The number of ketones is 1. The molecule has 0 aliphatic carbocycles. The predicted octanol–water partition coefficient (Wildman–Crippen LogP) is 12.3. The average Bonchev–Trinajstić information content (AvgIpc) is 4.11. The Hall–Kier alpha value is -6.25. The Bertz CT molecular complexity index is 2600. The molecular weight excluding hydrogens is 921 g/mol. The number of alkyl halides is 1. The molecule has 0 fully saturated rings. The third-order valence-corrected chi connectivity index (χ3v) is 11.9. The number of anilines is 3. The normalized spacial score (nSPS) is 10.1. The number of nitrogens with zero attached hydrogens (tertiary/aromatic N) is 6. The van der Waals surface area contributed by atoms with Crippen LogP contribution in [0.15, 0.2) is 113 Å². The van der Waals surface area contributed by atoms with Gasteiger partial charge in [0.1, 0.15) is 0 Å². The van der Waals surface area contributed by atoms with Crippen LogP contribution >= 0.6 is 49.9 Å². The van der Waals surface area contributed by atoms with Crippen LogP contribution in [0.4, 0.5) is 15.4 Å². The van der Waals surface area contributed by atoms with Gasteiger partial charge in [-0.15, -0.1) is 34.0 Å². The van der Waals surface area contributed by atoms with Crippen molar-refractivity contribution in [3.8, 4) is 52.0 Å². The number of rotatable bonds is 14. The first kappa shape index (κ1) is 50.4. The molecule has 0 spiro atoms. The van der Waals surface area contributed by atoms with Crippen LogP contribution in [0.5, 0.6) is 0 Å². The lowest BCUT2D eigenvalue weighted by atomic mass is 10.1. The number of halogens is 1. The summed E-state index contributed by atoms with van der Waals surface area (Å²) >= 11 is 7.76. The summed E-state index contributed by atoms with van der Waals surface area (Å²) < 4.78 is 0. The Morgan fingerprint density at radius 1 is 0.609 bits per heavy atom. The summed E-state index contributed by atoms with van der Waals surface area (Å²) in [6.07, 6.45) is 2.31. The highest BCUT2D eigenvalue weighted by Crippen LogP contribution is 2.27. The van der Waals surface area contributed by atoms with E-state index in [2.05, 4.69) is 111 Å². The van der Waals surface area contributed by atoms with Crippen LogP contribution in [0.3, 0.4) is 0 Å². The zero-order chi connectivity index (χ0) is 46.3. The predicted molar refractivity (Wildman–Crippen MR) is 270 cm³/mol. The third-order valence-electron chi connectivity index (χ3n) is 9.09. The summed E-state index contributed by atoms with van der Waals surface area (Å²) in [6.45, 7) is 11.4. The van der Waals surface area contributed by atoms with E-state index < -0.39 is 0 Å². The van der Waals surface area contributed by atoms with Gasteiger partial charge in [-0.25, -0.2) is 15.0 Å². The lowest BCUT2D eigenvalue weighted by Crippen LogP contribution is -2.04. The second-order valence-electron chi connectivity index (χ2n) is 14.9. The Labute approximate surface area is 396 Å². The number of Topliss-reactive ketones (excluding diaryl/α,β-unsaturated/α-hetero) is 1. The Morgan fingerprint density at radius 3 is 1.33 bits per heavy atom. The Kier molecular flexibility index (Phi) is 21.3. The molecule has 0 atom stereocenters. The van der Waals surface area contributed by atoms with Crippen LogP contribution in [-0.2, 0) is 6.54 Å². The van der Waals surface area contributed by atoms with Gasteiger partial charge in [0.15, 0.2) is 21.2 Å². The summed E-state index contributed by atoms with van der Waals surface area (Å²) in [5, 5.41) is 41.5. The largest absolute Gasteiger partial charge is 0.375 e. The molecule has 11 nitrogen and oxygen atoms in total. The molecule has 64 heavy (non-hydrogen) atoms. The van der Waals surface area contributed by atoms with Crippen molar-refractivity contribution in [2.24, 2.45) is 17.6 Å². The number of nitrogens with one attached hydrogen (secondary N) is 2. The number of hydrogen-bond acceptors (Lipinski definition) is 14. The number of thiazole rings is 3. The molecule has 0 saturated carbocycles. The fourth-order valence-electron chi connectivity index (χ4n) is 5.38. The molecule has 4 aromatic carbocycles. The average molecular weight is 972 g/mol. The monoisotopic (exact) mass is 970 g/mol. The topological polar surface area (TPSA) is 203 Å². The molecule has 3 aromatic heterocycles. The van der Waals surface area contributed by atoms with E-state index in [1.165, 1.54) is 17.8 Å². The van der Waals surface area contributed by atoms with Gasteiger partial charge in [-0.05, 0) is 66.6 Å². The molecule has 7 rings (SSSR count). The minimum absolute atomic E-state index is 0.0273. The van der Waals surface area contributed by atoms with Crippen LogP contribution in [0.25, 0.3) is 33.8 Å². The molecule has 6 N–H and O–H groups in total. The molecular formula is C49H51BrN10OS3. The lowest BCUT2D eigenvalue weighted by molar-refractivity contribution is 0.102. The highest BCUT2D eigenvalue weighted by atomic mass is 79.9. The fraction of sp³-hybridized carbons (Fsp3) is 0.245.